The Bertz CT molecular complexity index is 669. The van der Waals surface area contributed by atoms with Crippen LogP contribution in [0.25, 0.3) is 0 Å². The highest BCUT2D eigenvalue weighted by atomic mass is 79.9. The Balaban J connectivity index is 1.52. The van der Waals surface area contributed by atoms with Gasteiger partial charge in [0.15, 0.2) is 0 Å². The normalized spacial score (nSPS) is 16.1. The molecule has 0 saturated carbocycles. The first-order valence-corrected chi connectivity index (χ1v) is 8.87. The number of carbonyl (C=O) groups excluding carboxylic acids is 1. The predicted molar refractivity (Wildman–Crippen MR) is 98.7 cm³/mol. The Morgan fingerprint density at radius 3 is 2.46 bits per heavy atom. The summed E-state index contributed by atoms with van der Waals surface area (Å²) in [6.45, 7) is 3.00. The van der Waals surface area contributed by atoms with E-state index in [1.807, 2.05) is 47.4 Å². The van der Waals surface area contributed by atoms with Gasteiger partial charge in [-0.3, -0.25) is 4.79 Å². The molecule has 0 radical (unpaired) electrons. The molecule has 0 aliphatic carbocycles. The highest BCUT2D eigenvalue weighted by molar-refractivity contribution is 9.10. The molecule has 0 bridgehead atoms. The van der Waals surface area contributed by atoms with Crippen LogP contribution in [0.15, 0.2) is 53.1 Å². The molecule has 126 valence electrons. The number of benzene rings is 1. The van der Waals surface area contributed by atoms with E-state index in [2.05, 4.69) is 25.8 Å². The summed E-state index contributed by atoms with van der Waals surface area (Å²) in [5.41, 5.74) is 7.17. The minimum atomic E-state index is -0.245. The fourth-order valence-corrected chi connectivity index (χ4v) is 3.11. The van der Waals surface area contributed by atoms with Crippen LogP contribution in [0.2, 0.25) is 0 Å². The summed E-state index contributed by atoms with van der Waals surface area (Å²) < 4.78 is 0.968. The zero-order chi connectivity index (χ0) is 16.9. The second-order valence-corrected chi connectivity index (χ2v) is 6.84. The van der Waals surface area contributed by atoms with E-state index in [9.17, 15) is 4.79 Å². The van der Waals surface area contributed by atoms with Crippen LogP contribution >= 0.6 is 15.9 Å². The lowest BCUT2D eigenvalue weighted by Gasteiger charge is -2.35. The molecule has 1 aromatic heterocycles. The molecule has 1 aromatic carbocycles. The number of piperazine rings is 1. The second-order valence-electron chi connectivity index (χ2n) is 5.92. The van der Waals surface area contributed by atoms with Gasteiger partial charge in [-0.1, -0.05) is 30.3 Å². The van der Waals surface area contributed by atoms with Crippen molar-refractivity contribution in [3.63, 3.8) is 0 Å². The maximum atomic E-state index is 12.5. The molecule has 6 heteroatoms. The van der Waals surface area contributed by atoms with Gasteiger partial charge >= 0.3 is 0 Å². The molecule has 2 N–H and O–H groups in total. The largest absolute Gasteiger partial charge is 0.353 e. The Labute approximate surface area is 150 Å². The number of halogens is 1. The summed E-state index contributed by atoms with van der Waals surface area (Å²) >= 11 is 3.39. The molecule has 0 spiro atoms. The van der Waals surface area contributed by atoms with Crippen LogP contribution in [-0.4, -0.2) is 42.0 Å². The second kappa shape index (κ2) is 7.77. The summed E-state index contributed by atoms with van der Waals surface area (Å²) in [4.78, 5) is 21.0. The molecule has 1 atom stereocenters. The van der Waals surface area contributed by atoms with Gasteiger partial charge in [-0.25, -0.2) is 4.98 Å². The molecule has 1 saturated heterocycles. The average Bonchev–Trinajstić information content (AvgIpc) is 2.63. The number of nitrogens with two attached hydrogens (primary N) is 1. The summed E-state index contributed by atoms with van der Waals surface area (Å²) in [6.07, 6.45) is 2.15. The van der Waals surface area contributed by atoms with Gasteiger partial charge in [-0.2, -0.15) is 0 Å². The highest BCUT2D eigenvalue weighted by Gasteiger charge is 2.23. The number of pyridine rings is 1. The molecule has 1 amide bonds. The van der Waals surface area contributed by atoms with Crippen LogP contribution in [0, 0.1) is 0 Å². The van der Waals surface area contributed by atoms with Gasteiger partial charge < -0.3 is 15.5 Å². The molecule has 2 aromatic rings. The first-order chi connectivity index (χ1) is 11.6. The number of nitrogens with zero attached hydrogens (tertiary/aromatic N) is 3. The van der Waals surface area contributed by atoms with E-state index in [1.54, 1.807) is 6.20 Å². The summed E-state index contributed by atoms with van der Waals surface area (Å²) in [5.74, 6) is 1.07. The number of hydrogen-bond donors (Lipinski definition) is 1. The van der Waals surface area contributed by atoms with Crippen LogP contribution in [0.1, 0.15) is 18.0 Å². The Morgan fingerprint density at radius 1 is 1.12 bits per heavy atom. The van der Waals surface area contributed by atoms with Crippen molar-refractivity contribution in [2.75, 3.05) is 31.1 Å². The van der Waals surface area contributed by atoms with Crippen LogP contribution < -0.4 is 10.6 Å². The van der Waals surface area contributed by atoms with Gasteiger partial charge in [0.2, 0.25) is 5.91 Å². The number of hydrogen-bond acceptors (Lipinski definition) is 4. The van der Waals surface area contributed by atoms with E-state index in [0.717, 1.165) is 28.9 Å². The fraction of sp³-hybridized carbons (Fsp3) is 0.333. The van der Waals surface area contributed by atoms with E-state index in [0.29, 0.717) is 19.5 Å². The maximum Gasteiger partial charge on any atom is 0.224 e. The topological polar surface area (TPSA) is 62.5 Å². The first-order valence-electron chi connectivity index (χ1n) is 8.08. The zero-order valence-electron chi connectivity index (χ0n) is 13.4. The third-order valence-electron chi connectivity index (χ3n) is 4.29. The third kappa shape index (κ3) is 4.13. The van der Waals surface area contributed by atoms with E-state index < -0.39 is 0 Å². The van der Waals surface area contributed by atoms with E-state index in [4.69, 9.17) is 5.73 Å². The van der Waals surface area contributed by atoms with Crippen molar-refractivity contribution in [2.24, 2.45) is 5.73 Å². The lowest BCUT2D eigenvalue weighted by atomic mass is 10.0. The summed E-state index contributed by atoms with van der Waals surface area (Å²) in [6, 6.07) is 13.5. The number of anilines is 1. The lowest BCUT2D eigenvalue weighted by molar-refractivity contribution is -0.131. The number of rotatable bonds is 4. The van der Waals surface area contributed by atoms with Gasteiger partial charge in [0.1, 0.15) is 5.82 Å². The number of aromatic nitrogens is 1. The van der Waals surface area contributed by atoms with Crippen LogP contribution in [0.5, 0.6) is 0 Å². The Hall–Kier alpha value is -1.92. The predicted octanol–water partition coefficient (Wildman–Crippen LogP) is 2.58. The van der Waals surface area contributed by atoms with Crippen LogP contribution in [0.3, 0.4) is 0 Å². The fourth-order valence-electron chi connectivity index (χ4n) is 2.88. The molecule has 1 aliphatic heterocycles. The molecule has 2 heterocycles. The Morgan fingerprint density at radius 2 is 1.83 bits per heavy atom. The van der Waals surface area contributed by atoms with E-state index in [1.165, 1.54) is 0 Å². The van der Waals surface area contributed by atoms with Crippen molar-refractivity contribution < 1.29 is 4.79 Å². The van der Waals surface area contributed by atoms with Crippen molar-refractivity contribution in [1.29, 1.82) is 0 Å². The standard InChI is InChI=1S/C18H21BrN4O/c19-15-6-7-17(21-13-15)22-8-10-23(11-9-22)18(24)12-16(20)14-4-2-1-3-5-14/h1-7,13,16H,8-12,20H2. The minimum Gasteiger partial charge on any atom is -0.353 e. The monoisotopic (exact) mass is 388 g/mol. The molecule has 5 nitrogen and oxygen atoms in total. The van der Waals surface area contributed by atoms with Gasteiger partial charge in [0.05, 0.1) is 0 Å². The molecular weight excluding hydrogens is 368 g/mol. The van der Waals surface area contributed by atoms with Gasteiger partial charge in [-0.15, -0.1) is 0 Å². The van der Waals surface area contributed by atoms with Gasteiger partial charge in [-0.05, 0) is 33.6 Å². The van der Waals surface area contributed by atoms with Crippen LogP contribution in [0.4, 0.5) is 5.82 Å². The minimum absolute atomic E-state index is 0.120. The van der Waals surface area contributed by atoms with Gasteiger partial charge in [0, 0.05) is 49.3 Å². The van der Waals surface area contributed by atoms with E-state index in [-0.39, 0.29) is 11.9 Å². The molecular formula is C18H21BrN4O. The lowest BCUT2D eigenvalue weighted by Crippen LogP contribution is -2.49. The highest BCUT2D eigenvalue weighted by Crippen LogP contribution is 2.19. The van der Waals surface area contributed by atoms with Crippen molar-refractivity contribution in [1.82, 2.24) is 9.88 Å². The number of carbonyl (C=O) groups is 1. The van der Waals surface area contributed by atoms with Gasteiger partial charge in [0.25, 0.3) is 0 Å². The third-order valence-corrected chi connectivity index (χ3v) is 4.76. The smallest absolute Gasteiger partial charge is 0.224 e. The van der Waals surface area contributed by atoms with Crippen molar-refractivity contribution in [3.05, 3.63) is 58.7 Å². The molecule has 1 unspecified atom stereocenters. The summed E-state index contributed by atoms with van der Waals surface area (Å²) in [5, 5.41) is 0. The molecule has 24 heavy (non-hydrogen) atoms. The van der Waals surface area contributed by atoms with E-state index >= 15 is 0 Å². The zero-order valence-corrected chi connectivity index (χ0v) is 15.0. The molecule has 3 rings (SSSR count). The SMILES string of the molecule is NC(CC(=O)N1CCN(c2ccc(Br)cn2)CC1)c1ccccc1. The summed E-state index contributed by atoms with van der Waals surface area (Å²) in [7, 11) is 0. The van der Waals surface area contributed by atoms with Crippen molar-refractivity contribution in [2.45, 2.75) is 12.5 Å². The molecule has 1 fully saturated rings. The number of amides is 1. The van der Waals surface area contributed by atoms with Crippen LogP contribution in [-0.2, 0) is 4.79 Å². The molecule has 1 aliphatic rings. The van der Waals surface area contributed by atoms with Crippen molar-refractivity contribution in [3.8, 4) is 0 Å². The maximum absolute atomic E-state index is 12.5. The first kappa shape index (κ1) is 16.9. The van der Waals surface area contributed by atoms with Crippen molar-refractivity contribution >= 4 is 27.7 Å². The Kier molecular flexibility index (Phi) is 5.48. The quantitative estimate of drug-likeness (QED) is 0.873. The average molecular weight is 389 g/mol.